The third kappa shape index (κ3) is 6.65. The normalized spacial score (nSPS) is 16.3. The molecule has 2 amide bonds. The molecule has 24 heavy (non-hydrogen) atoms. The van der Waals surface area contributed by atoms with Gasteiger partial charge in [0.05, 0.1) is 5.69 Å². The third-order valence-corrected chi connectivity index (χ3v) is 4.95. The number of thioether (sulfide) groups is 1. The van der Waals surface area contributed by atoms with Gasteiger partial charge in [0.15, 0.2) is 0 Å². The number of hydrogen-bond acceptors (Lipinski definition) is 3. The Morgan fingerprint density at radius 2 is 2.04 bits per heavy atom. The second-order valence-electron chi connectivity index (χ2n) is 6.13. The predicted molar refractivity (Wildman–Crippen MR) is 94.8 cm³/mol. The number of halogens is 2. The number of nitrogens with zero attached hydrogens (tertiary/aromatic N) is 1. The molecule has 134 valence electrons. The second-order valence-corrected chi connectivity index (χ2v) is 7.17. The maximum atomic E-state index is 12.5. The number of carbonyl (C=O) groups excluding carboxylic acids is 1. The minimum atomic E-state index is -2.51. The van der Waals surface area contributed by atoms with Gasteiger partial charge in [-0.15, -0.1) is 0 Å². The van der Waals surface area contributed by atoms with Crippen LogP contribution in [0.5, 0.6) is 0 Å². The molecule has 1 fully saturated rings. The molecule has 0 saturated carbocycles. The molecule has 0 aromatic heterocycles. The van der Waals surface area contributed by atoms with Crippen molar-refractivity contribution in [1.82, 2.24) is 10.2 Å². The first kappa shape index (κ1) is 19.0. The van der Waals surface area contributed by atoms with E-state index in [-0.39, 0.29) is 6.03 Å². The van der Waals surface area contributed by atoms with Crippen molar-refractivity contribution in [3.8, 4) is 0 Å². The van der Waals surface area contributed by atoms with Gasteiger partial charge in [0.2, 0.25) is 0 Å². The zero-order valence-electron chi connectivity index (χ0n) is 13.9. The summed E-state index contributed by atoms with van der Waals surface area (Å²) in [6.07, 6.45) is 3.37. The van der Waals surface area contributed by atoms with Crippen molar-refractivity contribution in [2.75, 3.05) is 31.5 Å². The van der Waals surface area contributed by atoms with Gasteiger partial charge in [-0.3, -0.25) is 0 Å². The third-order valence-electron chi connectivity index (χ3n) is 4.16. The Balaban J connectivity index is 1.68. The number of amides is 2. The van der Waals surface area contributed by atoms with Gasteiger partial charge in [0.25, 0.3) is 5.76 Å². The fourth-order valence-electron chi connectivity index (χ4n) is 2.73. The monoisotopic (exact) mass is 357 g/mol. The highest BCUT2D eigenvalue weighted by molar-refractivity contribution is 7.99. The van der Waals surface area contributed by atoms with Crippen LogP contribution >= 0.6 is 11.8 Å². The van der Waals surface area contributed by atoms with Crippen molar-refractivity contribution in [3.63, 3.8) is 0 Å². The lowest BCUT2D eigenvalue weighted by molar-refractivity contribution is 0.190. The topological polar surface area (TPSA) is 44.4 Å². The van der Waals surface area contributed by atoms with Crippen molar-refractivity contribution in [1.29, 1.82) is 0 Å². The quantitative estimate of drug-likeness (QED) is 0.566. The molecule has 1 aromatic carbocycles. The standard InChI is InChI=1S/C17H25F2N3OS/c1-13-7-11-22(12-8-13)10-4-9-20-17(23)21-14-5-2-3-6-15(14)24-16(18)19/h2-3,5-6,13,16H,4,7-12H2,1H3,(H2,20,21,23). The minimum absolute atomic E-state index is 0.357. The number of carbonyl (C=O) groups is 1. The lowest BCUT2D eigenvalue weighted by Crippen LogP contribution is -2.36. The Labute approximate surface area is 146 Å². The Morgan fingerprint density at radius 3 is 2.75 bits per heavy atom. The van der Waals surface area contributed by atoms with E-state index in [1.807, 2.05) is 0 Å². The maximum absolute atomic E-state index is 12.5. The number of hydrogen-bond donors (Lipinski definition) is 2. The van der Waals surface area contributed by atoms with E-state index < -0.39 is 5.76 Å². The first-order valence-electron chi connectivity index (χ1n) is 8.35. The molecule has 1 heterocycles. The van der Waals surface area contributed by atoms with Crippen LogP contribution in [-0.2, 0) is 0 Å². The summed E-state index contributed by atoms with van der Waals surface area (Å²) in [5.41, 5.74) is 0.408. The van der Waals surface area contributed by atoms with E-state index in [1.165, 1.54) is 12.8 Å². The van der Waals surface area contributed by atoms with Crippen LogP contribution in [0.1, 0.15) is 26.2 Å². The lowest BCUT2D eigenvalue weighted by Gasteiger charge is -2.30. The van der Waals surface area contributed by atoms with Crippen LogP contribution in [0.3, 0.4) is 0 Å². The van der Waals surface area contributed by atoms with Gasteiger partial charge >= 0.3 is 6.03 Å². The minimum Gasteiger partial charge on any atom is -0.338 e. The lowest BCUT2D eigenvalue weighted by atomic mass is 9.99. The van der Waals surface area contributed by atoms with Gasteiger partial charge in [-0.1, -0.05) is 30.8 Å². The SMILES string of the molecule is CC1CCN(CCCNC(=O)Nc2ccccc2SC(F)F)CC1. The fourth-order valence-corrected chi connectivity index (χ4v) is 3.32. The summed E-state index contributed by atoms with van der Waals surface area (Å²) in [6.45, 7) is 6.09. The first-order valence-corrected chi connectivity index (χ1v) is 9.23. The van der Waals surface area contributed by atoms with Crippen LogP contribution in [0.4, 0.5) is 19.3 Å². The summed E-state index contributed by atoms with van der Waals surface area (Å²) >= 11 is 0.432. The zero-order chi connectivity index (χ0) is 17.4. The van der Waals surface area contributed by atoms with E-state index >= 15 is 0 Å². The van der Waals surface area contributed by atoms with Gasteiger partial charge in [-0.2, -0.15) is 8.78 Å². The molecule has 7 heteroatoms. The number of para-hydroxylation sites is 1. The van der Waals surface area contributed by atoms with E-state index in [9.17, 15) is 13.6 Å². The van der Waals surface area contributed by atoms with E-state index in [1.54, 1.807) is 24.3 Å². The number of anilines is 1. The van der Waals surface area contributed by atoms with Crippen LogP contribution < -0.4 is 10.6 Å². The largest absolute Gasteiger partial charge is 0.338 e. The van der Waals surface area contributed by atoms with E-state index in [0.717, 1.165) is 32.0 Å². The molecule has 0 spiro atoms. The zero-order valence-corrected chi connectivity index (χ0v) is 14.7. The number of nitrogens with one attached hydrogen (secondary N) is 2. The average Bonchev–Trinajstić information content (AvgIpc) is 2.55. The summed E-state index contributed by atoms with van der Waals surface area (Å²) in [7, 11) is 0. The Kier molecular flexibility index (Phi) is 7.78. The number of piperidine rings is 1. The Hall–Kier alpha value is -1.34. The number of urea groups is 1. The smallest absolute Gasteiger partial charge is 0.319 e. The summed E-state index contributed by atoms with van der Waals surface area (Å²) in [4.78, 5) is 14.7. The molecule has 0 radical (unpaired) electrons. The van der Waals surface area contributed by atoms with E-state index in [4.69, 9.17) is 0 Å². The van der Waals surface area contributed by atoms with Crippen molar-refractivity contribution in [2.45, 2.75) is 36.8 Å². The Bertz CT molecular complexity index is 522. The van der Waals surface area contributed by atoms with Crippen LogP contribution in [-0.4, -0.2) is 42.9 Å². The number of likely N-dealkylation sites (tertiary alicyclic amines) is 1. The van der Waals surface area contributed by atoms with Gasteiger partial charge in [0, 0.05) is 11.4 Å². The molecule has 1 saturated heterocycles. The summed E-state index contributed by atoms with van der Waals surface area (Å²) in [5, 5.41) is 5.43. The van der Waals surface area contributed by atoms with Gasteiger partial charge in [-0.25, -0.2) is 4.79 Å². The molecular formula is C17H25F2N3OS. The molecular weight excluding hydrogens is 332 g/mol. The highest BCUT2D eigenvalue weighted by atomic mass is 32.2. The van der Waals surface area contributed by atoms with Gasteiger partial charge in [-0.05, 0) is 56.9 Å². The summed E-state index contributed by atoms with van der Waals surface area (Å²) < 4.78 is 25.0. The van der Waals surface area contributed by atoms with Crippen LogP contribution in [0.25, 0.3) is 0 Å². The van der Waals surface area contributed by atoms with Crippen LogP contribution in [0, 0.1) is 5.92 Å². The van der Waals surface area contributed by atoms with Crippen LogP contribution in [0.15, 0.2) is 29.2 Å². The average molecular weight is 357 g/mol. The second kappa shape index (κ2) is 9.84. The molecule has 4 nitrogen and oxygen atoms in total. The summed E-state index contributed by atoms with van der Waals surface area (Å²) in [6, 6.07) is 6.23. The number of rotatable bonds is 7. The predicted octanol–water partition coefficient (Wildman–Crippen LogP) is 4.24. The van der Waals surface area contributed by atoms with Crippen molar-refractivity contribution in [3.05, 3.63) is 24.3 Å². The van der Waals surface area contributed by atoms with E-state index in [2.05, 4.69) is 22.5 Å². The van der Waals surface area contributed by atoms with Crippen molar-refractivity contribution >= 4 is 23.5 Å². The fraction of sp³-hybridized carbons (Fsp3) is 0.588. The van der Waals surface area contributed by atoms with Crippen molar-refractivity contribution < 1.29 is 13.6 Å². The van der Waals surface area contributed by atoms with Gasteiger partial charge < -0.3 is 15.5 Å². The highest BCUT2D eigenvalue weighted by Crippen LogP contribution is 2.31. The number of benzene rings is 1. The maximum Gasteiger partial charge on any atom is 0.319 e. The molecule has 0 atom stereocenters. The molecule has 1 aliphatic heterocycles. The van der Waals surface area contributed by atoms with Gasteiger partial charge in [0.1, 0.15) is 0 Å². The highest BCUT2D eigenvalue weighted by Gasteiger charge is 2.15. The summed E-state index contributed by atoms with van der Waals surface area (Å²) in [5.74, 6) is -1.69. The number of alkyl halides is 2. The molecule has 0 unspecified atom stereocenters. The molecule has 1 aliphatic rings. The molecule has 0 bridgehead atoms. The van der Waals surface area contributed by atoms with Crippen LogP contribution in [0.2, 0.25) is 0 Å². The Morgan fingerprint density at radius 1 is 1.33 bits per heavy atom. The molecule has 1 aromatic rings. The van der Waals surface area contributed by atoms with E-state index in [0.29, 0.717) is 28.9 Å². The molecule has 2 rings (SSSR count). The van der Waals surface area contributed by atoms with Crippen molar-refractivity contribution in [2.24, 2.45) is 5.92 Å². The molecule has 2 N–H and O–H groups in total. The molecule has 0 aliphatic carbocycles. The first-order chi connectivity index (χ1) is 11.5.